The number of non-ortho nitro benzene ring substituents is 1. The van der Waals surface area contributed by atoms with E-state index in [0.717, 1.165) is 14.2 Å². The van der Waals surface area contributed by atoms with Crippen LogP contribution in [0.5, 0.6) is 5.75 Å². The number of nitro benzene ring substituents is 1. The number of rotatable bonds is 11. The minimum atomic E-state index is -3.96. The number of carbonyl (C=O) groups is 2. The average molecular weight is 419 g/mol. The molecule has 13 heteroatoms. The molecule has 156 valence electrons. The lowest BCUT2D eigenvalue weighted by atomic mass is 10.3. The first-order chi connectivity index (χ1) is 13.1. The molecule has 0 saturated heterocycles. The van der Waals surface area contributed by atoms with E-state index in [1.807, 2.05) is 0 Å². The summed E-state index contributed by atoms with van der Waals surface area (Å²) in [6, 6.07) is 3.08. The highest BCUT2D eigenvalue weighted by molar-refractivity contribution is 7.54. The molecule has 0 saturated carbocycles. The van der Waals surface area contributed by atoms with Gasteiger partial charge < -0.3 is 14.2 Å². The Morgan fingerprint density at radius 1 is 1.07 bits per heavy atom. The van der Waals surface area contributed by atoms with Crippen molar-refractivity contribution in [3.63, 3.8) is 0 Å². The molecule has 0 radical (unpaired) electrons. The van der Waals surface area contributed by atoms with E-state index >= 15 is 0 Å². The fourth-order valence-electron chi connectivity index (χ4n) is 1.91. The lowest BCUT2D eigenvalue weighted by molar-refractivity contribution is -0.384. The molecule has 0 aliphatic heterocycles. The second-order valence-corrected chi connectivity index (χ2v) is 7.32. The van der Waals surface area contributed by atoms with E-state index < -0.39 is 43.4 Å². The standard InChI is InChI=1S/C15H22N3O9P/c1-10(14(19)24-3)16-28(23,17-11(2)15(20)25-4)27-9-26-13-7-5-12(6-8-13)18(21)22/h5-8,10-11H,9H2,1-4H3,(H2,16,17,23)/t10-,11-/m0/s1. The summed E-state index contributed by atoms with van der Waals surface area (Å²) in [7, 11) is -1.64. The molecule has 2 atom stereocenters. The summed E-state index contributed by atoms with van der Waals surface area (Å²) in [4.78, 5) is 33.2. The van der Waals surface area contributed by atoms with Gasteiger partial charge in [-0.2, -0.15) is 0 Å². The number of nitrogens with zero attached hydrogens (tertiary/aromatic N) is 1. The maximum absolute atomic E-state index is 13.0. The maximum atomic E-state index is 13.0. The number of benzene rings is 1. The van der Waals surface area contributed by atoms with Gasteiger partial charge in [0.25, 0.3) is 5.69 Å². The highest BCUT2D eigenvalue weighted by atomic mass is 31.2. The molecule has 12 nitrogen and oxygen atoms in total. The highest BCUT2D eigenvalue weighted by Crippen LogP contribution is 2.39. The number of methoxy groups -OCH3 is 2. The van der Waals surface area contributed by atoms with Crippen LogP contribution in [0.2, 0.25) is 0 Å². The van der Waals surface area contributed by atoms with Gasteiger partial charge in [-0.05, 0) is 26.0 Å². The highest BCUT2D eigenvalue weighted by Gasteiger charge is 2.33. The minimum Gasteiger partial charge on any atom is -0.468 e. The Morgan fingerprint density at radius 2 is 1.54 bits per heavy atom. The van der Waals surface area contributed by atoms with Crippen LogP contribution in [0.3, 0.4) is 0 Å². The fourth-order valence-corrected chi connectivity index (χ4v) is 3.57. The van der Waals surface area contributed by atoms with Gasteiger partial charge in [0.2, 0.25) is 0 Å². The molecule has 0 bridgehead atoms. The van der Waals surface area contributed by atoms with Crippen LogP contribution in [0.25, 0.3) is 0 Å². The van der Waals surface area contributed by atoms with Crippen molar-refractivity contribution in [2.45, 2.75) is 25.9 Å². The van der Waals surface area contributed by atoms with Crippen molar-refractivity contribution < 1.29 is 37.8 Å². The summed E-state index contributed by atoms with van der Waals surface area (Å²) < 4.78 is 32.5. The molecule has 0 aromatic heterocycles. The van der Waals surface area contributed by atoms with Crippen LogP contribution >= 0.6 is 7.67 Å². The SMILES string of the molecule is COC(=O)[C@H](C)NP(=O)(N[C@@H](C)C(=O)OC)OCOc1ccc([N+](=O)[O-])cc1. The van der Waals surface area contributed by atoms with Crippen LogP contribution in [0.1, 0.15) is 13.8 Å². The smallest absolute Gasteiger partial charge is 0.345 e. The average Bonchev–Trinajstić information content (AvgIpc) is 2.66. The van der Waals surface area contributed by atoms with E-state index in [1.54, 1.807) is 0 Å². The molecule has 1 rings (SSSR count). The zero-order valence-corrected chi connectivity index (χ0v) is 16.6. The van der Waals surface area contributed by atoms with Gasteiger partial charge in [0.05, 0.1) is 19.1 Å². The third-order valence-corrected chi connectivity index (χ3v) is 5.27. The zero-order valence-electron chi connectivity index (χ0n) is 15.7. The molecule has 0 aliphatic rings. The van der Waals surface area contributed by atoms with Crippen LogP contribution in [0.4, 0.5) is 5.69 Å². The summed E-state index contributed by atoms with van der Waals surface area (Å²) in [5.41, 5.74) is -0.124. The first-order valence-corrected chi connectivity index (χ1v) is 9.57. The van der Waals surface area contributed by atoms with Gasteiger partial charge in [0.1, 0.15) is 17.8 Å². The topological polar surface area (TPSA) is 155 Å². The summed E-state index contributed by atoms with van der Waals surface area (Å²) in [5.74, 6) is -1.18. The molecule has 1 aromatic rings. The van der Waals surface area contributed by atoms with Crippen molar-refractivity contribution >= 4 is 25.3 Å². The maximum Gasteiger partial charge on any atom is 0.345 e. The second-order valence-electron chi connectivity index (χ2n) is 5.44. The number of hydrogen-bond acceptors (Lipinski definition) is 9. The molecule has 0 unspecified atom stereocenters. The number of esters is 2. The summed E-state index contributed by atoms with van der Waals surface area (Å²) in [5, 5.41) is 15.5. The third kappa shape index (κ3) is 7.24. The molecule has 0 aliphatic carbocycles. The van der Waals surface area contributed by atoms with E-state index in [2.05, 4.69) is 19.6 Å². The lowest BCUT2D eigenvalue weighted by Crippen LogP contribution is -2.42. The Balaban J connectivity index is 2.80. The van der Waals surface area contributed by atoms with Crippen molar-refractivity contribution in [1.29, 1.82) is 0 Å². The molecule has 0 spiro atoms. The van der Waals surface area contributed by atoms with E-state index in [-0.39, 0.29) is 11.4 Å². The van der Waals surface area contributed by atoms with Gasteiger partial charge in [-0.25, -0.2) is 10.2 Å². The number of carbonyl (C=O) groups excluding carboxylic acids is 2. The Bertz CT molecular complexity index is 713. The van der Waals surface area contributed by atoms with Crippen molar-refractivity contribution in [3.8, 4) is 5.75 Å². The zero-order chi connectivity index (χ0) is 21.3. The molecule has 0 fully saturated rings. The largest absolute Gasteiger partial charge is 0.468 e. The summed E-state index contributed by atoms with van der Waals surface area (Å²) >= 11 is 0. The van der Waals surface area contributed by atoms with Gasteiger partial charge in [-0.15, -0.1) is 0 Å². The Hall–Kier alpha value is -2.53. The third-order valence-electron chi connectivity index (χ3n) is 3.34. The Labute approximate surface area is 161 Å². The molecule has 1 aromatic carbocycles. The summed E-state index contributed by atoms with van der Waals surface area (Å²) in [6.45, 7) is 2.24. The first-order valence-electron chi connectivity index (χ1n) is 7.95. The number of nitro groups is 1. The predicted octanol–water partition coefficient (Wildman–Crippen LogP) is 1.36. The number of hydrogen-bond donors (Lipinski definition) is 2. The predicted molar refractivity (Wildman–Crippen MR) is 96.5 cm³/mol. The monoisotopic (exact) mass is 419 g/mol. The minimum absolute atomic E-state index is 0.124. The lowest BCUT2D eigenvalue weighted by Gasteiger charge is -2.25. The molecule has 2 N–H and O–H groups in total. The number of nitrogens with one attached hydrogen (secondary N) is 2. The fraction of sp³-hybridized carbons (Fsp3) is 0.467. The van der Waals surface area contributed by atoms with Gasteiger partial charge in [-0.3, -0.25) is 28.8 Å². The van der Waals surface area contributed by atoms with E-state index in [1.165, 1.54) is 38.1 Å². The van der Waals surface area contributed by atoms with Crippen LogP contribution in [0.15, 0.2) is 24.3 Å². The van der Waals surface area contributed by atoms with Crippen LogP contribution in [0, 0.1) is 10.1 Å². The molecular weight excluding hydrogens is 397 g/mol. The van der Waals surface area contributed by atoms with Crippen molar-refractivity contribution in [1.82, 2.24) is 10.2 Å². The molecule has 0 heterocycles. The van der Waals surface area contributed by atoms with Gasteiger partial charge >= 0.3 is 19.6 Å². The molecular formula is C15H22N3O9P. The van der Waals surface area contributed by atoms with E-state index in [0.29, 0.717) is 0 Å². The summed E-state index contributed by atoms with van der Waals surface area (Å²) in [6.07, 6.45) is 0. The van der Waals surface area contributed by atoms with Crippen molar-refractivity contribution in [2.24, 2.45) is 0 Å². The van der Waals surface area contributed by atoms with E-state index in [4.69, 9.17) is 9.26 Å². The Morgan fingerprint density at radius 3 is 1.93 bits per heavy atom. The molecule has 28 heavy (non-hydrogen) atoms. The Kier molecular flexibility index (Phi) is 9.00. The van der Waals surface area contributed by atoms with Crippen molar-refractivity contribution in [2.75, 3.05) is 21.0 Å². The van der Waals surface area contributed by atoms with Gasteiger partial charge in [0, 0.05) is 12.1 Å². The van der Waals surface area contributed by atoms with Gasteiger partial charge in [0.15, 0.2) is 6.79 Å². The quantitative estimate of drug-likeness (QED) is 0.175. The van der Waals surface area contributed by atoms with Crippen molar-refractivity contribution in [3.05, 3.63) is 34.4 Å². The second kappa shape index (κ2) is 10.7. The molecule has 0 amide bonds. The van der Waals surface area contributed by atoms with Crippen LogP contribution < -0.4 is 14.9 Å². The van der Waals surface area contributed by atoms with E-state index in [9.17, 15) is 24.3 Å². The number of ether oxygens (including phenoxy) is 3. The van der Waals surface area contributed by atoms with Gasteiger partial charge in [-0.1, -0.05) is 0 Å². The normalized spacial score (nSPS) is 13.3. The van der Waals surface area contributed by atoms with Crippen LogP contribution in [-0.4, -0.2) is 50.0 Å². The first kappa shape index (κ1) is 23.5. The van der Waals surface area contributed by atoms with Crippen LogP contribution in [-0.2, 0) is 28.2 Å².